The van der Waals surface area contributed by atoms with Crippen molar-refractivity contribution in [2.75, 3.05) is 0 Å². The average Bonchev–Trinajstić information content (AvgIpc) is 2.41. The van der Waals surface area contributed by atoms with Crippen LogP contribution in [0.5, 0.6) is 0 Å². The minimum atomic E-state index is -1.23. The Morgan fingerprint density at radius 1 is 0.950 bits per heavy atom. The molecule has 0 radical (unpaired) electrons. The van der Waals surface area contributed by atoms with Crippen molar-refractivity contribution in [2.24, 2.45) is 0 Å². The number of aromatic carboxylic acids is 2. The summed E-state index contributed by atoms with van der Waals surface area (Å²) in [5.41, 5.74) is 1.97. The van der Waals surface area contributed by atoms with Gasteiger partial charge in [0, 0.05) is 0 Å². The van der Waals surface area contributed by atoms with Gasteiger partial charge < -0.3 is 10.2 Å². The summed E-state index contributed by atoms with van der Waals surface area (Å²) in [5, 5.41) is 18.5. The van der Waals surface area contributed by atoms with Crippen LogP contribution in [0.2, 0.25) is 0 Å². The smallest absolute Gasteiger partial charge is 0.336 e. The van der Waals surface area contributed by atoms with E-state index in [0.717, 1.165) is 11.1 Å². The van der Waals surface area contributed by atoms with Gasteiger partial charge in [-0.15, -0.1) is 0 Å². The zero-order chi connectivity index (χ0) is 14.7. The zero-order valence-electron chi connectivity index (χ0n) is 11.0. The first-order chi connectivity index (χ1) is 9.50. The highest BCUT2D eigenvalue weighted by atomic mass is 16.4. The standard InChI is InChI=1S/C16H14O4/c1-10-7-8-12(15(17)18)14(16(19)20)13(10)9-11-5-3-2-4-6-11/h2-8H,9H2,1H3,(H,17,18)(H,19,20). The summed E-state index contributed by atoms with van der Waals surface area (Å²) in [6.45, 7) is 1.79. The predicted octanol–water partition coefficient (Wildman–Crippen LogP) is 2.98. The second kappa shape index (κ2) is 5.57. The molecule has 0 atom stereocenters. The minimum absolute atomic E-state index is 0.124. The summed E-state index contributed by atoms with van der Waals surface area (Å²) in [4.78, 5) is 22.6. The quantitative estimate of drug-likeness (QED) is 0.895. The van der Waals surface area contributed by atoms with E-state index in [-0.39, 0.29) is 11.1 Å². The van der Waals surface area contributed by atoms with E-state index in [1.165, 1.54) is 6.07 Å². The topological polar surface area (TPSA) is 74.6 Å². The molecule has 0 heterocycles. The molecule has 102 valence electrons. The fourth-order valence-electron chi connectivity index (χ4n) is 2.20. The number of hydrogen-bond acceptors (Lipinski definition) is 2. The van der Waals surface area contributed by atoms with Gasteiger partial charge in [0.25, 0.3) is 0 Å². The van der Waals surface area contributed by atoms with Crippen LogP contribution in [0.4, 0.5) is 0 Å². The maximum Gasteiger partial charge on any atom is 0.336 e. The molecule has 0 saturated carbocycles. The molecule has 0 amide bonds. The summed E-state index contributed by atoms with van der Waals surface area (Å²) in [6.07, 6.45) is 0.398. The number of aryl methyl sites for hydroxylation is 1. The highest BCUT2D eigenvalue weighted by Crippen LogP contribution is 2.22. The van der Waals surface area contributed by atoms with Gasteiger partial charge in [-0.1, -0.05) is 36.4 Å². The molecule has 2 aromatic carbocycles. The summed E-state index contributed by atoms with van der Waals surface area (Å²) in [7, 11) is 0. The number of carboxylic acids is 2. The lowest BCUT2D eigenvalue weighted by Gasteiger charge is -2.12. The average molecular weight is 270 g/mol. The highest BCUT2D eigenvalue weighted by Gasteiger charge is 2.21. The molecular formula is C16H14O4. The normalized spacial score (nSPS) is 10.2. The molecule has 0 bridgehead atoms. The van der Waals surface area contributed by atoms with E-state index in [1.807, 2.05) is 30.3 Å². The molecular weight excluding hydrogens is 256 g/mol. The van der Waals surface area contributed by atoms with E-state index in [0.29, 0.717) is 12.0 Å². The van der Waals surface area contributed by atoms with Crippen molar-refractivity contribution in [2.45, 2.75) is 13.3 Å². The molecule has 2 rings (SSSR count). The molecule has 0 fully saturated rings. The molecule has 20 heavy (non-hydrogen) atoms. The number of carbonyl (C=O) groups is 2. The van der Waals surface area contributed by atoms with Crippen LogP contribution < -0.4 is 0 Å². The molecule has 0 aliphatic carbocycles. The third-order valence-corrected chi connectivity index (χ3v) is 3.22. The highest BCUT2D eigenvalue weighted by molar-refractivity contribution is 6.03. The molecule has 0 aliphatic rings. The maximum absolute atomic E-state index is 11.4. The lowest BCUT2D eigenvalue weighted by molar-refractivity contribution is 0.0650. The first-order valence-corrected chi connectivity index (χ1v) is 6.13. The summed E-state index contributed by atoms with van der Waals surface area (Å²) < 4.78 is 0. The predicted molar refractivity (Wildman–Crippen MR) is 74.3 cm³/mol. The number of rotatable bonds is 4. The number of carboxylic acid groups (broad SMARTS) is 2. The van der Waals surface area contributed by atoms with E-state index in [9.17, 15) is 14.7 Å². The fourth-order valence-corrected chi connectivity index (χ4v) is 2.20. The Balaban J connectivity index is 2.59. The fraction of sp³-hybridized carbons (Fsp3) is 0.125. The van der Waals surface area contributed by atoms with Crippen LogP contribution in [0.25, 0.3) is 0 Å². The van der Waals surface area contributed by atoms with Gasteiger partial charge in [0.2, 0.25) is 0 Å². The molecule has 0 unspecified atom stereocenters. The van der Waals surface area contributed by atoms with Crippen molar-refractivity contribution >= 4 is 11.9 Å². The van der Waals surface area contributed by atoms with Gasteiger partial charge in [0.05, 0.1) is 11.1 Å². The van der Waals surface area contributed by atoms with Gasteiger partial charge in [-0.25, -0.2) is 9.59 Å². The maximum atomic E-state index is 11.4. The molecule has 0 aromatic heterocycles. The van der Waals surface area contributed by atoms with Crippen LogP contribution in [0, 0.1) is 6.92 Å². The molecule has 0 saturated heterocycles. The van der Waals surface area contributed by atoms with Gasteiger partial charge in [-0.2, -0.15) is 0 Å². The molecule has 4 nitrogen and oxygen atoms in total. The Kier molecular flexibility index (Phi) is 3.84. The molecule has 0 spiro atoms. The van der Waals surface area contributed by atoms with Crippen molar-refractivity contribution in [3.8, 4) is 0 Å². The van der Waals surface area contributed by atoms with Crippen molar-refractivity contribution < 1.29 is 19.8 Å². The Morgan fingerprint density at radius 3 is 2.15 bits per heavy atom. The summed E-state index contributed by atoms with van der Waals surface area (Å²) in [6, 6.07) is 12.4. The van der Waals surface area contributed by atoms with Gasteiger partial charge in [-0.3, -0.25) is 0 Å². The van der Waals surface area contributed by atoms with Crippen LogP contribution in [0.1, 0.15) is 37.4 Å². The second-order valence-electron chi connectivity index (χ2n) is 4.56. The van der Waals surface area contributed by atoms with E-state index >= 15 is 0 Å². The van der Waals surface area contributed by atoms with Gasteiger partial charge in [0.1, 0.15) is 0 Å². The van der Waals surface area contributed by atoms with Crippen LogP contribution in [-0.2, 0) is 6.42 Å². The third-order valence-electron chi connectivity index (χ3n) is 3.22. The van der Waals surface area contributed by atoms with E-state index in [4.69, 9.17) is 5.11 Å². The molecule has 2 aromatic rings. The number of benzene rings is 2. The van der Waals surface area contributed by atoms with E-state index in [1.54, 1.807) is 13.0 Å². The SMILES string of the molecule is Cc1ccc(C(=O)O)c(C(=O)O)c1Cc1ccccc1. The zero-order valence-corrected chi connectivity index (χ0v) is 11.0. The Morgan fingerprint density at radius 2 is 1.60 bits per heavy atom. The molecule has 4 heteroatoms. The van der Waals surface area contributed by atoms with Gasteiger partial charge in [0.15, 0.2) is 0 Å². The van der Waals surface area contributed by atoms with Crippen LogP contribution in [0.15, 0.2) is 42.5 Å². The van der Waals surface area contributed by atoms with Crippen molar-refractivity contribution in [1.29, 1.82) is 0 Å². The largest absolute Gasteiger partial charge is 0.478 e. The molecule has 2 N–H and O–H groups in total. The van der Waals surface area contributed by atoms with Crippen molar-refractivity contribution in [3.63, 3.8) is 0 Å². The summed E-state index contributed by atoms with van der Waals surface area (Å²) >= 11 is 0. The third kappa shape index (κ3) is 2.69. The monoisotopic (exact) mass is 270 g/mol. The van der Waals surface area contributed by atoms with Crippen LogP contribution >= 0.6 is 0 Å². The first-order valence-electron chi connectivity index (χ1n) is 6.13. The molecule has 0 aliphatic heterocycles. The van der Waals surface area contributed by atoms with Crippen molar-refractivity contribution in [1.82, 2.24) is 0 Å². The minimum Gasteiger partial charge on any atom is -0.478 e. The second-order valence-corrected chi connectivity index (χ2v) is 4.56. The lowest BCUT2D eigenvalue weighted by Crippen LogP contribution is -2.13. The van der Waals surface area contributed by atoms with Crippen LogP contribution in [-0.4, -0.2) is 22.2 Å². The Labute approximate surface area is 116 Å². The Bertz CT molecular complexity index is 660. The van der Waals surface area contributed by atoms with Crippen LogP contribution in [0.3, 0.4) is 0 Å². The summed E-state index contributed by atoms with van der Waals surface area (Å²) in [5.74, 6) is -2.44. The first kappa shape index (κ1) is 13.8. The Hall–Kier alpha value is -2.62. The van der Waals surface area contributed by atoms with Gasteiger partial charge in [-0.05, 0) is 36.1 Å². The lowest BCUT2D eigenvalue weighted by atomic mass is 9.92. The van der Waals surface area contributed by atoms with Crippen molar-refractivity contribution in [3.05, 3.63) is 70.3 Å². The van der Waals surface area contributed by atoms with Gasteiger partial charge >= 0.3 is 11.9 Å². The van der Waals surface area contributed by atoms with E-state index in [2.05, 4.69) is 0 Å². The van der Waals surface area contributed by atoms with E-state index < -0.39 is 11.9 Å². The number of hydrogen-bond donors (Lipinski definition) is 2.